The molecule has 1 atom stereocenters. The van der Waals surface area contributed by atoms with Gasteiger partial charge in [0.1, 0.15) is 0 Å². The smallest absolute Gasteiger partial charge is 0.422 e. The van der Waals surface area contributed by atoms with Crippen LogP contribution in [0.1, 0.15) is 26.7 Å². The van der Waals surface area contributed by atoms with Crippen LogP contribution in [0.4, 0.5) is 4.79 Å². The first-order valence-electron chi connectivity index (χ1n) is 6.04. The van der Waals surface area contributed by atoms with Crippen LogP contribution in [0.3, 0.4) is 0 Å². The largest absolute Gasteiger partial charge is 0.446 e. The summed E-state index contributed by atoms with van der Waals surface area (Å²) >= 11 is 0. The van der Waals surface area contributed by atoms with Gasteiger partial charge in [0.25, 0.3) is 0 Å². The predicted octanol–water partition coefficient (Wildman–Crippen LogP) is 0.0138. The van der Waals surface area contributed by atoms with Crippen molar-refractivity contribution in [2.45, 2.75) is 32.8 Å². The van der Waals surface area contributed by atoms with Crippen LogP contribution in [0, 0.1) is 11.3 Å². The molecule has 1 unspecified atom stereocenters. The number of rotatable bonds is 4. The van der Waals surface area contributed by atoms with Gasteiger partial charge in [0, 0.05) is 19.0 Å². The molecule has 0 bridgehead atoms. The van der Waals surface area contributed by atoms with E-state index in [1.807, 2.05) is 4.72 Å². The predicted molar refractivity (Wildman–Crippen MR) is 69.9 cm³/mol. The number of carbonyl (C=O) groups excluding carboxylic acids is 1. The monoisotopic (exact) mass is 292 g/mol. The van der Waals surface area contributed by atoms with Crippen LogP contribution in [-0.2, 0) is 14.9 Å². The van der Waals surface area contributed by atoms with Crippen molar-refractivity contribution in [2.24, 2.45) is 11.7 Å². The van der Waals surface area contributed by atoms with Gasteiger partial charge >= 0.3 is 16.3 Å². The zero-order valence-electron chi connectivity index (χ0n) is 11.0. The molecule has 1 aliphatic rings. The molecular weight excluding hydrogens is 272 g/mol. The third-order valence-corrected chi connectivity index (χ3v) is 4.16. The maximum atomic E-state index is 11.9. The summed E-state index contributed by atoms with van der Waals surface area (Å²) in [6, 6.07) is 0. The molecule has 0 aromatic heterocycles. The molecule has 19 heavy (non-hydrogen) atoms. The number of hydrogen-bond donors (Lipinski definition) is 3. The van der Waals surface area contributed by atoms with Crippen LogP contribution in [0.15, 0.2) is 0 Å². The van der Waals surface area contributed by atoms with Gasteiger partial charge in [0.05, 0.1) is 11.9 Å². The Morgan fingerprint density at radius 2 is 2.16 bits per heavy atom. The Morgan fingerprint density at radius 3 is 2.68 bits per heavy atom. The van der Waals surface area contributed by atoms with E-state index in [2.05, 4.69) is 0 Å². The highest BCUT2D eigenvalue weighted by molar-refractivity contribution is 7.87. The Balaban J connectivity index is 2.66. The summed E-state index contributed by atoms with van der Waals surface area (Å²) in [5.74, 6) is -0.337. The van der Waals surface area contributed by atoms with E-state index in [1.165, 1.54) is 0 Å². The maximum Gasteiger partial charge on any atom is 0.422 e. The van der Waals surface area contributed by atoms with E-state index in [-0.39, 0.29) is 18.3 Å². The number of hydrogen-bond acceptors (Lipinski definition) is 5. The molecule has 0 saturated carbocycles. The van der Waals surface area contributed by atoms with Gasteiger partial charge < -0.3 is 10.5 Å². The minimum atomic E-state index is -3.94. The highest BCUT2D eigenvalue weighted by Gasteiger charge is 2.31. The van der Waals surface area contributed by atoms with Gasteiger partial charge in [-0.15, -0.1) is 0 Å². The van der Waals surface area contributed by atoms with E-state index in [0.717, 1.165) is 4.31 Å². The molecular formula is C10H20N4O4S. The number of nitrogens with one attached hydrogen (secondary N) is 2. The van der Waals surface area contributed by atoms with Gasteiger partial charge in [-0.3, -0.25) is 5.41 Å². The lowest BCUT2D eigenvalue weighted by Crippen LogP contribution is -2.50. The summed E-state index contributed by atoms with van der Waals surface area (Å²) in [5, 5.41) is 7.36. The fourth-order valence-electron chi connectivity index (χ4n) is 1.82. The Bertz CT molecular complexity index is 448. The number of ether oxygens (including phenoxy) is 1. The highest BCUT2D eigenvalue weighted by Crippen LogP contribution is 2.18. The Labute approximate surface area is 113 Å². The fraction of sp³-hybridized carbons (Fsp3) is 0.800. The number of nitrogens with two attached hydrogens (primary N) is 1. The Hall–Kier alpha value is -1.35. The Morgan fingerprint density at radius 1 is 1.53 bits per heavy atom. The molecule has 1 aliphatic heterocycles. The second-order valence-electron chi connectivity index (χ2n) is 4.71. The summed E-state index contributed by atoms with van der Waals surface area (Å²) in [6.07, 6.45) is -0.121. The van der Waals surface area contributed by atoms with Crippen molar-refractivity contribution in [3.05, 3.63) is 0 Å². The maximum absolute atomic E-state index is 11.9. The average molecular weight is 292 g/mol. The molecule has 110 valence electrons. The van der Waals surface area contributed by atoms with Crippen molar-refractivity contribution in [3.8, 4) is 0 Å². The molecule has 8 nitrogen and oxygen atoms in total. The highest BCUT2D eigenvalue weighted by atomic mass is 32.2. The summed E-state index contributed by atoms with van der Waals surface area (Å²) in [6.45, 7) is 3.66. The van der Waals surface area contributed by atoms with E-state index in [0.29, 0.717) is 19.4 Å². The lowest BCUT2D eigenvalue weighted by atomic mass is 9.99. The van der Waals surface area contributed by atoms with Gasteiger partial charge in [-0.2, -0.15) is 12.7 Å². The molecule has 1 fully saturated rings. The standard InChI is InChI=1S/C10H20N4O4S/c1-7(2)18-10(15)13-19(16,17)14-5-3-4-8(6-14)9(11)12/h7-8H,3-6H2,1-2H3,(H3,11,12)(H,13,15). The van der Waals surface area contributed by atoms with Gasteiger partial charge in [-0.25, -0.2) is 9.52 Å². The van der Waals surface area contributed by atoms with Gasteiger partial charge in [0.2, 0.25) is 0 Å². The molecule has 1 saturated heterocycles. The fourth-order valence-corrected chi connectivity index (χ4v) is 2.96. The number of amidine groups is 1. The minimum absolute atomic E-state index is 0.0374. The van der Waals surface area contributed by atoms with Crippen molar-refractivity contribution < 1.29 is 17.9 Å². The third-order valence-electron chi connectivity index (χ3n) is 2.72. The van der Waals surface area contributed by atoms with Gasteiger partial charge in [-0.1, -0.05) is 0 Å². The SMILES string of the molecule is CC(C)OC(=O)NS(=O)(=O)N1CCCC(C(=N)N)C1. The van der Waals surface area contributed by atoms with Crippen LogP contribution in [0.25, 0.3) is 0 Å². The zero-order chi connectivity index (χ0) is 14.6. The zero-order valence-corrected chi connectivity index (χ0v) is 11.9. The lowest BCUT2D eigenvalue weighted by molar-refractivity contribution is 0.120. The second kappa shape index (κ2) is 6.20. The number of piperidine rings is 1. The molecule has 0 aromatic rings. The number of nitrogens with zero attached hydrogens (tertiary/aromatic N) is 1. The van der Waals surface area contributed by atoms with Crippen LogP contribution >= 0.6 is 0 Å². The first-order valence-corrected chi connectivity index (χ1v) is 7.49. The topological polar surface area (TPSA) is 126 Å². The molecule has 4 N–H and O–H groups in total. The molecule has 9 heteroatoms. The first-order chi connectivity index (χ1) is 8.72. The molecule has 0 aliphatic carbocycles. The van der Waals surface area contributed by atoms with E-state index in [4.69, 9.17) is 15.9 Å². The van der Waals surface area contributed by atoms with Crippen LogP contribution in [0.5, 0.6) is 0 Å². The van der Waals surface area contributed by atoms with Gasteiger partial charge in [0.15, 0.2) is 0 Å². The average Bonchev–Trinajstić information content (AvgIpc) is 2.27. The summed E-state index contributed by atoms with van der Waals surface area (Å²) in [7, 11) is -3.94. The van der Waals surface area contributed by atoms with E-state index in [1.54, 1.807) is 13.8 Å². The number of carbonyl (C=O) groups is 1. The van der Waals surface area contributed by atoms with Crippen molar-refractivity contribution >= 4 is 22.1 Å². The number of amides is 1. The molecule has 1 heterocycles. The molecule has 1 rings (SSSR count). The minimum Gasteiger partial charge on any atom is -0.446 e. The van der Waals surface area contributed by atoms with Crippen molar-refractivity contribution in [3.63, 3.8) is 0 Å². The van der Waals surface area contributed by atoms with E-state index < -0.39 is 22.4 Å². The van der Waals surface area contributed by atoms with E-state index >= 15 is 0 Å². The molecule has 1 amide bonds. The normalized spacial score (nSPS) is 21.1. The summed E-state index contributed by atoms with van der Waals surface area (Å²) in [5.41, 5.74) is 5.39. The van der Waals surface area contributed by atoms with Crippen molar-refractivity contribution in [1.29, 1.82) is 5.41 Å². The van der Waals surface area contributed by atoms with Crippen LogP contribution < -0.4 is 10.5 Å². The van der Waals surface area contributed by atoms with Crippen molar-refractivity contribution in [1.82, 2.24) is 9.03 Å². The first kappa shape index (κ1) is 15.7. The van der Waals surface area contributed by atoms with E-state index in [9.17, 15) is 13.2 Å². The molecule has 0 radical (unpaired) electrons. The van der Waals surface area contributed by atoms with Gasteiger partial charge in [-0.05, 0) is 26.7 Å². The summed E-state index contributed by atoms with van der Waals surface area (Å²) < 4.78 is 31.6. The Kier molecular flexibility index (Phi) is 5.12. The van der Waals surface area contributed by atoms with Crippen LogP contribution in [0.2, 0.25) is 0 Å². The summed E-state index contributed by atoms with van der Waals surface area (Å²) in [4.78, 5) is 11.3. The second-order valence-corrected chi connectivity index (χ2v) is 6.38. The molecule has 0 spiro atoms. The van der Waals surface area contributed by atoms with Crippen molar-refractivity contribution in [2.75, 3.05) is 13.1 Å². The quantitative estimate of drug-likeness (QED) is 0.497. The molecule has 0 aromatic carbocycles. The third kappa shape index (κ3) is 4.67. The lowest BCUT2D eigenvalue weighted by Gasteiger charge is -2.30. The van der Waals surface area contributed by atoms with Crippen LogP contribution in [-0.4, -0.2) is 43.8 Å².